The van der Waals surface area contributed by atoms with Gasteiger partial charge in [0.05, 0.1) is 0 Å². The van der Waals surface area contributed by atoms with E-state index in [1.807, 2.05) is 38.2 Å². The first-order valence-electron chi connectivity index (χ1n) is 9.22. The maximum Gasteiger partial charge on any atom is 0.269 e. The molecule has 6 nitrogen and oxygen atoms in total. The van der Waals surface area contributed by atoms with Gasteiger partial charge in [-0.05, 0) is 44.0 Å². The van der Waals surface area contributed by atoms with Gasteiger partial charge in [-0.15, -0.1) is 0 Å². The zero-order chi connectivity index (χ0) is 19.2. The predicted octanol–water partition coefficient (Wildman–Crippen LogP) is 3.02. The van der Waals surface area contributed by atoms with Crippen LogP contribution in [0, 0.1) is 0 Å². The molecule has 3 aromatic rings. The molecule has 0 aliphatic carbocycles. The Bertz CT molecular complexity index is 944. The van der Waals surface area contributed by atoms with E-state index in [-0.39, 0.29) is 17.5 Å². The quantitative estimate of drug-likeness (QED) is 0.676. The third-order valence-corrected chi connectivity index (χ3v) is 4.64. The topological polar surface area (TPSA) is 78.1 Å². The molecular formula is C21H24N4O2. The van der Waals surface area contributed by atoms with Crippen molar-refractivity contribution in [3.8, 4) is 0 Å². The molecule has 27 heavy (non-hydrogen) atoms. The van der Waals surface area contributed by atoms with Gasteiger partial charge in [0.1, 0.15) is 5.69 Å². The number of nitrogens with zero attached hydrogens (tertiary/aromatic N) is 2. The van der Waals surface area contributed by atoms with Crippen molar-refractivity contribution in [3.63, 3.8) is 0 Å². The summed E-state index contributed by atoms with van der Waals surface area (Å²) in [5, 5.41) is 4.05. The Kier molecular flexibility index (Phi) is 5.86. The van der Waals surface area contributed by atoms with E-state index in [1.165, 1.54) is 6.20 Å². The van der Waals surface area contributed by atoms with Gasteiger partial charge in [0.15, 0.2) is 0 Å². The van der Waals surface area contributed by atoms with Crippen molar-refractivity contribution in [3.05, 3.63) is 65.6 Å². The smallest absolute Gasteiger partial charge is 0.269 e. The molecule has 2 heterocycles. The van der Waals surface area contributed by atoms with Gasteiger partial charge in [-0.2, -0.15) is 0 Å². The molecule has 0 saturated carbocycles. The second-order valence-corrected chi connectivity index (χ2v) is 6.27. The minimum atomic E-state index is -0.274. The van der Waals surface area contributed by atoms with Crippen LogP contribution in [-0.2, 0) is 6.42 Å². The number of para-hydroxylation sites is 1. The maximum atomic E-state index is 12.4. The second-order valence-electron chi connectivity index (χ2n) is 6.27. The van der Waals surface area contributed by atoms with E-state index in [0.29, 0.717) is 31.6 Å². The minimum Gasteiger partial charge on any atom is -0.361 e. The summed E-state index contributed by atoms with van der Waals surface area (Å²) in [6.07, 6.45) is 4.19. The molecule has 0 aliphatic heterocycles. The number of hydrogen-bond acceptors (Lipinski definition) is 3. The fourth-order valence-corrected chi connectivity index (χ4v) is 3.12. The number of amides is 2. The summed E-state index contributed by atoms with van der Waals surface area (Å²) >= 11 is 0. The lowest BCUT2D eigenvalue weighted by molar-refractivity contribution is 0.0773. The van der Waals surface area contributed by atoms with Gasteiger partial charge in [-0.3, -0.25) is 14.6 Å². The highest BCUT2D eigenvalue weighted by Gasteiger charge is 2.15. The highest BCUT2D eigenvalue weighted by molar-refractivity contribution is 5.98. The number of benzene rings is 1. The molecule has 0 atom stereocenters. The van der Waals surface area contributed by atoms with E-state index in [4.69, 9.17) is 0 Å². The molecule has 0 saturated heterocycles. The summed E-state index contributed by atoms with van der Waals surface area (Å²) < 4.78 is 0. The number of hydrogen-bond donors (Lipinski definition) is 2. The van der Waals surface area contributed by atoms with Crippen molar-refractivity contribution in [1.82, 2.24) is 20.2 Å². The van der Waals surface area contributed by atoms with Crippen LogP contribution in [0.2, 0.25) is 0 Å². The first kappa shape index (κ1) is 18.6. The summed E-state index contributed by atoms with van der Waals surface area (Å²) in [5.41, 5.74) is 2.98. The number of H-pyrrole nitrogens is 1. The van der Waals surface area contributed by atoms with E-state index in [0.717, 1.165) is 16.5 Å². The van der Waals surface area contributed by atoms with Crippen molar-refractivity contribution in [2.75, 3.05) is 19.6 Å². The Labute approximate surface area is 158 Å². The van der Waals surface area contributed by atoms with Crippen LogP contribution >= 0.6 is 0 Å². The molecular weight excluding hydrogens is 340 g/mol. The Morgan fingerprint density at radius 3 is 2.70 bits per heavy atom. The zero-order valence-corrected chi connectivity index (χ0v) is 15.7. The molecule has 0 fully saturated rings. The molecule has 2 aromatic heterocycles. The number of fused-ring (bicyclic) bond motifs is 1. The van der Waals surface area contributed by atoms with Crippen LogP contribution in [0.5, 0.6) is 0 Å². The minimum absolute atomic E-state index is 0.0877. The van der Waals surface area contributed by atoms with E-state index >= 15 is 0 Å². The molecule has 1 aromatic carbocycles. The Morgan fingerprint density at radius 1 is 1.15 bits per heavy atom. The van der Waals surface area contributed by atoms with Gasteiger partial charge in [0, 0.05) is 48.5 Å². The van der Waals surface area contributed by atoms with Crippen molar-refractivity contribution >= 4 is 22.7 Å². The lowest BCUT2D eigenvalue weighted by atomic mass is 10.1. The monoisotopic (exact) mass is 364 g/mol. The number of carbonyl (C=O) groups is 2. The number of carbonyl (C=O) groups excluding carboxylic acids is 2. The largest absolute Gasteiger partial charge is 0.361 e. The third-order valence-electron chi connectivity index (χ3n) is 4.64. The van der Waals surface area contributed by atoms with Gasteiger partial charge < -0.3 is 15.2 Å². The summed E-state index contributed by atoms with van der Waals surface area (Å²) in [5.74, 6) is -0.362. The molecule has 0 spiro atoms. The third kappa shape index (κ3) is 4.16. The van der Waals surface area contributed by atoms with Crippen LogP contribution < -0.4 is 5.32 Å². The Hall–Kier alpha value is -3.15. The molecule has 0 bridgehead atoms. The number of nitrogens with one attached hydrogen (secondary N) is 2. The molecule has 2 amide bonds. The van der Waals surface area contributed by atoms with E-state index < -0.39 is 0 Å². The van der Waals surface area contributed by atoms with E-state index in [1.54, 1.807) is 17.0 Å². The Balaban J connectivity index is 1.63. The standard InChI is InChI=1S/C21H24N4O2/c1-3-25(4-2)21(27)15-9-11-22-19(13-15)20(26)23-12-10-16-14-24-18-8-6-5-7-17(16)18/h5-9,11,13-14,24H,3-4,10,12H2,1-2H3,(H,23,26). The zero-order valence-electron chi connectivity index (χ0n) is 15.7. The maximum absolute atomic E-state index is 12.4. The first-order chi connectivity index (χ1) is 13.1. The van der Waals surface area contributed by atoms with Crippen LogP contribution in [0.1, 0.15) is 40.3 Å². The van der Waals surface area contributed by atoms with Crippen LogP contribution in [0.15, 0.2) is 48.8 Å². The molecule has 0 aliphatic rings. The average Bonchev–Trinajstić information content (AvgIpc) is 3.12. The predicted molar refractivity (Wildman–Crippen MR) is 106 cm³/mol. The van der Waals surface area contributed by atoms with Gasteiger partial charge in [-0.25, -0.2) is 0 Å². The van der Waals surface area contributed by atoms with Gasteiger partial charge in [0.2, 0.25) is 0 Å². The molecule has 140 valence electrons. The number of pyridine rings is 1. The van der Waals surface area contributed by atoms with E-state index in [2.05, 4.69) is 21.4 Å². The highest BCUT2D eigenvalue weighted by Crippen LogP contribution is 2.17. The van der Waals surface area contributed by atoms with Gasteiger partial charge in [-0.1, -0.05) is 18.2 Å². The normalized spacial score (nSPS) is 10.7. The molecule has 2 N–H and O–H groups in total. The highest BCUT2D eigenvalue weighted by atomic mass is 16.2. The summed E-state index contributed by atoms with van der Waals surface area (Å²) in [7, 11) is 0. The number of aromatic nitrogens is 2. The first-order valence-corrected chi connectivity index (χ1v) is 9.22. The van der Waals surface area contributed by atoms with Crippen LogP contribution in [0.3, 0.4) is 0 Å². The summed E-state index contributed by atoms with van der Waals surface area (Å²) in [6.45, 7) is 5.62. The number of aromatic amines is 1. The molecule has 3 rings (SSSR count). The average molecular weight is 364 g/mol. The lowest BCUT2D eigenvalue weighted by Crippen LogP contribution is -2.31. The van der Waals surface area contributed by atoms with E-state index in [9.17, 15) is 9.59 Å². The van der Waals surface area contributed by atoms with Crippen molar-refractivity contribution in [1.29, 1.82) is 0 Å². The SMILES string of the molecule is CCN(CC)C(=O)c1ccnc(C(=O)NCCc2c[nH]c3ccccc23)c1. The molecule has 0 unspecified atom stereocenters. The Morgan fingerprint density at radius 2 is 1.93 bits per heavy atom. The fraction of sp³-hybridized carbons (Fsp3) is 0.286. The van der Waals surface area contributed by atoms with Crippen molar-refractivity contribution in [2.24, 2.45) is 0 Å². The number of rotatable bonds is 7. The van der Waals surface area contributed by atoms with Gasteiger partial charge in [0.25, 0.3) is 11.8 Å². The summed E-state index contributed by atoms with van der Waals surface area (Å²) in [6, 6.07) is 11.3. The van der Waals surface area contributed by atoms with Crippen LogP contribution in [0.4, 0.5) is 0 Å². The van der Waals surface area contributed by atoms with Crippen molar-refractivity contribution in [2.45, 2.75) is 20.3 Å². The lowest BCUT2D eigenvalue weighted by Gasteiger charge is -2.18. The van der Waals surface area contributed by atoms with Crippen LogP contribution in [0.25, 0.3) is 10.9 Å². The second kappa shape index (κ2) is 8.49. The summed E-state index contributed by atoms with van der Waals surface area (Å²) in [4.78, 5) is 33.9. The molecule has 0 radical (unpaired) electrons. The van der Waals surface area contributed by atoms with Crippen LogP contribution in [-0.4, -0.2) is 46.3 Å². The van der Waals surface area contributed by atoms with Gasteiger partial charge >= 0.3 is 0 Å². The molecule has 6 heteroatoms. The van der Waals surface area contributed by atoms with Crippen molar-refractivity contribution < 1.29 is 9.59 Å². The fourth-order valence-electron chi connectivity index (χ4n) is 3.12.